The molecule has 3 rings (SSSR count). The van der Waals surface area contributed by atoms with Gasteiger partial charge in [-0.25, -0.2) is 0 Å². The summed E-state index contributed by atoms with van der Waals surface area (Å²) in [5, 5.41) is 11.3. The van der Waals surface area contributed by atoms with Gasteiger partial charge in [0.05, 0.1) is 19.5 Å². The molecule has 2 heterocycles. The molecule has 1 fully saturated rings. The first-order valence-electron chi connectivity index (χ1n) is 8.10. The highest BCUT2D eigenvalue weighted by Gasteiger charge is 2.09. The Balaban J connectivity index is 1.43. The van der Waals surface area contributed by atoms with E-state index in [1.54, 1.807) is 6.26 Å². The standard InChI is InChI=1S/C18H23N3O2/c19-18(20-8-2-9-21-10-13-22-14-11-21)16-6-4-15(5-7-16)17-3-1-12-23-17/h1,3-7,12H,2,8-11,13-14H2,(H2,19,20). The van der Waals surface area contributed by atoms with Crippen LogP contribution in [0.3, 0.4) is 0 Å². The molecule has 5 nitrogen and oxygen atoms in total. The van der Waals surface area contributed by atoms with Crippen LogP contribution in [0.2, 0.25) is 0 Å². The summed E-state index contributed by atoms with van der Waals surface area (Å²) in [6, 6.07) is 11.7. The maximum atomic E-state index is 8.13. The average molecular weight is 313 g/mol. The van der Waals surface area contributed by atoms with Crippen molar-refractivity contribution >= 4 is 5.84 Å². The Bertz CT molecular complexity index is 602. The Morgan fingerprint density at radius 1 is 1.13 bits per heavy atom. The number of amidine groups is 1. The van der Waals surface area contributed by atoms with Gasteiger partial charge in [-0.3, -0.25) is 10.3 Å². The van der Waals surface area contributed by atoms with Crippen LogP contribution in [0.15, 0.2) is 47.1 Å². The quantitative estimate of drug-likeness (QED) is 0.489. The van der Waals surface area contributed by atoms with E-state index in [0.717, 1.165) is 62.7 Å². The van der Waals surface area contributed by atoms with Crippen molar-refractivity contribution in [2.24, 2.45) is 0 Å². The molecule has 23 heavy (non-hydrogen) atoms. The third kappa shape index (κ3) is 4.43. The molecule has 0 radical (unpaired) electrons. The highest BCUT2D eigenvalue weighted by atomic mass is 16.5. The fourth-order valence-electron chi connectivity index (χ4n) is 2.69. The van der Waals surface area contributed by atoms with E-state index < -0.39 is 0 Å². The van der Waals surface area contributed by atoms with Gasteiger partial charge in [-0.15, -0.1) is 0 Å². The smallest absolute Gasteiger partial charge is 0.133 e. The molecular weight excluding hydrogens is 290 g/mol. The fraction of sp³-hybridized carbons (Fsp3) is 0.389. The Kier molecular flexibility index (Phi) is 5.45. The summed E-state index contributed by atoms with van der Waals surface area (Å²) in [7, 11) is 0. The number of ether oxygens (including phenoxy) is 1. The SMILES string of the molecule is N=C(NCCCN1CCOCC1)c1ccc(-c2ccco2)cc1. The van der Waals surface area contributed by atoms with E-state index in [-0.39, 0.29) is 0 Å². The van der Waals surface area contributed by atoms with E-state index in [2.05, 4.69) is 10.2 Å². The van der Waals surface area contributed by atoms with Crippen molar-refractivity contribution < 1.29 is 9.15 Å². The zero-order valence-electron chi connectivity index (χ0n) is 13.3. The molecule has 0 atom stereocenters. The first-order valence-corrected chi connectivity index (χ1v) is 8.10. The fourth-order valence-corrected chi connectivity index (χ4v) is 2.69. The monoisotopic (exact) mass is 313 g/mol. The number of furan rings is 1. The van der Waals surface area contributed by atoms with Gasteiger partial charge in [0.1, 0.15) is 11.6 Å². The highest BCUT2D eigenvalue weighted by Crippen LogP contribution is 2.19. The summed E-state index contributed by atoms with van der Waals surface area (Å²) in [6.07, 6.45) is 2.70. The van der Waals surface area contributed by atoms with Crippen molar-refractivity contribution in [2.45, 2.75) is 6.42 Å². The van der Waals surface area contributed by atoms with Crippen molar-refractivity contribution in [3.05, 3.63) is 48.2 Å². The van der Waals surface area contributed by atoms with Crippen molar-refractivity contribution in [3.8, 4) is 11.3 Å². The molecule has 0 saturated carbocycles. The number of hydrogen-bond acceptors (Lipinski definition) is 4. The summed E-state index contributed by atoms with van der Waals surface area (Å²) in [6.45, 7) is 5.59. The predicted molar refractivity (Wildman–Crippen MR) is 90.9 cm³/mol. The molecular formula is C18H23N3O2. The van der Waals surface area contributed by atoms with Crippen LogP contribution in [-0.4, -0.2) is 50.1 Å². The molecule has 0 spiro atoms. The van der Waals surface area contributed by atoms with Gasteiger partial charge in [0, 0.05) is 30.8 Å². The van der Waals surface area contributed by atoms with Gasteiger partial charge < -0.3 is 14.5 Å². The van der Waals surface area contributed by atoms with Crippen LogP contribution in [-0.2, 0) is 4.74 Å². The molecule has 2 aromatic rings. The lowest BCUT2D eigenvalue weighted by Crippen LogP contribution is -2.38. The number of hydrogen-bond donors (Lipinski definition) is 2. The van der Waals surface area contributed by atoms with Crippen molar-refractivity contribution in [1.29, 1.82) is 5.41 Å². The summed E-state index contributed by atoms with van der Waals surface area (Å²) < 4.78 is 10.7. The number of benzene rings is 1. The van der Waals surface area contributed by atoms with E-state index in [4.69, 9.17) is 14.6 Å². The minimum absolute atomic E-state index is 0.470. The molecule has 0 amide bonds. The van der Waals surface area contributed by atoms with Crippen LogP contribution in [0.1, 0.15) is 12.0 Å². The van der Waals surface area contributed by atoms with Crippen LogP contribution in [0.25, 0.3) is 11.3 Å². The summed E-state index contributed by atoms with van der Waals surface area (Å²) in [5.41, 5.74) is 1.92. The predicted octanol–water partition coefficient (Wildman–Crippen LogP) is 2.58. The zero-order chi connectivity index (χ0) is 15.9. The molecule has 2 N–H and O–H groups in total. The highest BCUT2D eigenvalue weighted by molar-refractivity contribution is 5.96. The van der Waals surface area contributed by atoms with Gasteiger partial charge >= 0.3 is 0 Å². The average Bonchev–Trinajstić information content (AvgIpc) is 3.14. The Morgan fingerprint density at radius 3 is 2.61 bits per heavy atom. The van der Waals surface area contributed by atoms with Crippen LogP contribution < -0.4 is 5.32 Å². The first kappa shape index (κ1) is 15.8. The molecule has 122 valence electrons. The minimum Gasteiger partial charge on any atom is -0.464 e. The van der Waals surface area contributed by atoms with Gasteiger partial charge in [-0.05, 0) is 25.1 Å². The topological polar surface area (TPSA) is 61.5 Å². The molecule has 1 aliphatic heterocycles. The van der Waals surface area contributed by atoms with Crippen LogP contribution in [0.5, 0.6) is 0 Å². The molecule has 5 heteroatoms. The molecule has 0 bridgehead atoms. The van der Waals surface area contributed by atoms with Gasteiger partial charge in [-0.2, -0.15) is 0 Å². The lowest BCUT2D eigenvalue weighted by molar-refractivity contribution is 0.0376. The molecule has 0 aliphatic carbocycles. The summed E-state index contributed by atoms with van der Waals surface area (Å²) >= 11 is 0. The molecule has 1 saturated heterocycles. The summed E-state index contributed by atoms with van der Waals surface area (Å²) in [5.74, 6) is 1.32. The first-order chi connectivity index (χ1) is 11.3. The molecule has 1 aromatic carbocycles. The largest absolute Gasteiger partial charge is 0.464 e. The maximum absolute atomic E-state index is 8.13. The molecule has 0 unspecified atom stereocenters. The third-order valence-electron chi connectivity index (χ3n) is 4.04. The van der Waals surface area contributed by atoms with E-state index in [1.807, 2.05) is 36.4 Å². The van der Waals surface area contributed by atoms with E-state index in [0.29, 0.717) is 5.84 Å². The number of nitrogens with one attached hydrogen (secondary N) is 2. The van der Waals surface area contributed by atoms with Gasteiger partial charge in [0.25, 0.3) is 0 Å². The zero-order valence-corrected chi connectivity index (χ0v) is 13.3. The summed E-state index contributed by atoms with van der Waals surface area (Å²) in [4.78, 5) is 2.41. The van der Waals surface area contributed by atoms with Crippen molar-refractivity contribution in [2.75, 3.05) is 39.4 Å². The molecule has 1 aliphatic rings. The lowest BCUT2D eigenvalue weighted by atomic mass is 10.1. The second-order valence-corrected chi connectivity index (χ2v) is 5.66. The van der Waals surface area contributed by atoms with E-state index >= 15 is 0 Å². The third-order valence-corrected chi connectivity index (χ3v) is 4.04. The normalized spacial score (nSPS) is 15.5. The molecule has 1 aromatic heterocycles. The Hall–Kier alpha value is -2.11. The van der Waals surface area contributed by atoms with Crippen LogP contribution in [0, 0.1) is 5.41 Å². The van der Waals surface area contributed by atoms with Gasteiger partial charge in [0.15, 0.2) is 0 Å². The van der Waals surface area contributed by atoms with Gasteiger partial charge in [0.2, 0.25) is 0 Å². The van der Waals surface area contributed by atoms with Crippen molar-refractivity contribution in [3.63, 3.8) is 0 Å². The second kappa shape index (κ2) is 7.94. The minimum atomic E-state index is 0.470. The maximum Gasteiger partial charge on any atom is 0.133 e. The second-order valence-electron chi connectivity index (χ2n) is 5.66. The number of morpholine rings is 1. The lowest BCUT2D eigenvalue weighted by Gasteiger charge is -2.26. The Labute approximate surface area is 136 Å². The Morgan fingerprint density at radius 2 is 1.91 bits per heavy atom. The number of rotatable bonds is 6. The number of nitrogens with zero attached hydrogens (tertiary/aromatic N) is 1. The van der Waals surface area contributed by atoms with Crippen LogP contribution >= 0.6 is 0 Å². The van der Waals surface area contributed by atoms with Crippen molar-refractivity contribution in [1.82, 2.24) is 10.2 Å². The van der Waals surface area contributed by atoms with Gasteiger partial charge in [-0.1, -0.05) is 24.3 Å². The van der Waals surface area contributed by atoms with E-state index in [9.17, 15) is 0 Å². The van der Waals surface area contributed by atoms with Crippen LogP contribution in [0.4, 0.5) is 0 Å². The van der Waals surface area contributed by atoms with E-state index in [1.165, 1.54) is 0 Å².